The maximum absolute atomic E-state index is 10.8. The molecule has 1 aromatic rings. The van der Waals surface area contributed by atoms with Crippen LogP contribution in [0.5, 0.6) is 0 Å². The summed E-state index contributed by atoms with van der Waals surface area (Å²) in [6, 6.07) is 9.15. The topological polar surface area (TPSA) is 73.7 Å². The molecule has 1 rings (SSSR count). The molecule has 4 heteroatoms. The van der Waals surface area contributed by atoms with E-state index in [1.165, 1.54) is 0 Å². The van der Waals surface area contributed by atoms with Crippen LogP contribution in [-0.4, -0.2) is 21.6 Å². The van der Waals surface area contributed by atoms with Gasteiger partial charge < -0.3 is 10.6 Å². The molecule has 0 radical (unpaired) electrons. The molecule has 78 valence electrons. The van der Waals surface area contributed by atoms with Gasteiger partial charge in [-0.2, -0.15) is 4.79 Å². The normalized spacial score (nSPS) is 11.5. The zero-order chi connectivity index (χ0) is 11.3. The Morgan fingerprint density at radius 3 is 2.47 bits per heavy atom. The summed E-state index contributed by atoms with van der Waals surface area (Å²) in [6.07, 6.45) is 0.579. The van der Waals surface area contributed by atoms with E-state index < -0.39 is 5.97 Å². The van der Waals surface area contributed by atoms with Gasteiger partial charge >= 0.3 is 11.7 Å². The minimum atomic E-state index is -1.19. The molecule has 15 heavy (non-hydrogen) atoms. The lowest BCUT2D eigenvalue weighted by Gasteiger charge is -2.07. The second-order valence-corrected chi connectivity index (χ2v) is 3.16. The largest absolute Gasteiger partial charge is 0.473 e. The van der Waals surface area contributed by atoms with Crippen molar-refractivity contribution >= 4 is 11.7 Å². The molecule has 4 nitrogen and oxygen atoms in total. The monoisotopic (exact) mass is 204 g/mol. The Balaban J connectivity index is 3.10. The molecule has 0 saturated carbocycles. The van der Waals surface area contributed by atoms with Crippen molar-refractivity contribution < 1.29 is 14.7 Å². The van der Waals surface area contributed by atoms with Crippen LogP contribution < -0.4 is 0 Å². The standard InChI is InChI=1S/C11H12N2O2/c1-2-9(10(13-12)11(14)15)8-6-4-3-5-7-8/h3-7,9H,2H2,1H3,(H,14,15). The molecule has 1 unspecified atom stereocenters. The van der Waals surface area contributed by atoms with Crippen molar-refractivity contribution in [1.82, 2.24) is 0 Å². The van der Waals surface area contributed by atoms with Crippen molar-refractivity contribution in [3.8, 4) is 0 Å². The first-order chi connectivity index (χ1) is 7.20. The van der Waals surface area contributed by atoms with Crippen LogP contribution in [0.3, 0.4) is 0 Å². The predicted molar refractivity (Wildman–Crippen MR) is 55.7 cm³/mol. The van der Waals surface area contributed by atoms with Gasteiger partial charge in [0.1, 0.15) is 0 Å². The van der Waals surface area contributed by atoms with E-state index in [4.69, 9.17) is 10.6 Å². The lowest BCUT2D eigenvalue weighted by atomic mass is 9.92. The molecule has 0 aliphatic carbocycles. The Labute approximate surface area is 87.8 Å². The Bertz CT molecular complexity index is 394. The van der Waals surface area contributed by atoms with Gasteiger partial charge in [-0.25, -0.2) is 4.79 Å². The number of hydrogen-bond donors (Lipinski definition) is 1. The first kappa shape index (κ1) is 11.1. The highest BCUT2D eigenvalue weighted by Crippen LogP contribution is 2.20. The molecule has 0 aliphatic rings. The van der Waals surface area contributed by atoms with Crippen molar-refractivity contribution in [2.75, 3.05) is 0 Å². The molecular formula is C11H12N2O2. The predicted octanol–water partition coefficient (Wildman–Crippen LogP) is 1.94. The summed E-state index contributed by atoms with van der Waals surface area (Å²) in [5.41, 5.74) is 9.29. The van der Waals surface area contributed by atoms with Crippen molar-refractivity contribution in [2.45, 2.75) is 19.3 Å². The van der Waals surface area contributed by atoms with Gasteiger partial charge in [-0.3, -0.25) is 0 Å². The van der Waals surface area contributed by atoms with Crippen molar-refractivity contribution in [3.63, 3.8) is 0 Å². The van der Waals surface area contributed by atoms with Gasteiger partial charge in [0.15, 0.2) is 0 Å². The SMILES string of the molecule is CCC(C(=[N+]=[N-])C(=O)O)c1ccccc1. The van der Waals surface area contributed by atoms with E-state index in [0.717, 1.165) is 5.56 Å². The first-order valence-corrected chi connectivity index (χ1v) is 4.70. The number of carboxylic acid groups (broad SMARTS) is 1. The third-order valence-electron chi connectivity index (χ3n) is 2.27. The molecule has 1 N–H and O–H groups in total. The third-order valence-corrected chi connectivity index (χ3v) is 2.27. The van der Waals surface area contributed by atoms with Crippen LogP contribution in [0.1, 0.15) is 24.8 Å². The number of nitrogens with zero attached hydrogens (tertiary/aromatic N) is 2. The van der Waals surface area contributed by atoms with E-state index in [0.29, 0.717) is 6.42 Å². The second kappa shape index (κ2) is 5.08. The average molecular weight is 204 g/mol. The minimum absolute atomic E-state index is 0.219. The van der Waals surface area contributed by atoms with Gasteiger partial charge in [0, 0.05) is 0 Å². The highest BCUT2D eigenvalue weighted by Gasteiger charge is 2.30. The van der Waals surface area contributed by atoms with E-state index in [-0.39, 0.29) is 11.6 Å². The molecule has 0 aromatic heterocycles. The van der Waals surface area contributed by atoms with Crippen LogP contribution in [-0.2, 0) is 4.79 Å². The quantitative estimate of drug-likeness (QED) is 0.462. The summed E-state index contributed by atoms with van der Waals surface area (Å²) in [7, 11) is 0. The Hall–Kier alpha value is -1.93. The van der Waals surface area contributed by atoms with Gasteiger partial charge in [-0.1, -0.05) is 37.3 Å². The molecule has 1 aromatic carbocycles. The fraction of sp³-hybridized carbons (Fsp3) is 0.273. The summed E-state index contributed by atoms with van der Waals surface area (Å²) < 4.78 is 0. The van der Waals surface area contributed by atoms with E-state index in [2.05, 4.69) is 4.79 Å². The molecule has 0 heterocycles. The highest BCUT2D eigenvalue weighted by molar-refractivity contribution is 6.35. The van der Waals surface area contributed by atoms with Crippen LogP contribution >= 0.6 is 0 Å². The summed E-state index contributed by atoms with van der Waals surface area (Å²) in [4.78, 5) is 13.7. The zero-order valence-corrected chi connectivity index (χ0v) is 8.42. The highest BCUT2D eigenvalue weighted by atomic mass is 16.4. The van der Waals surface area contributed by atoms with Gasteiger partial charge in [-0.05, 0) is 12.0 Å². The first-order valence-electron chi connectivity index (χ1n) is 4.70. The number of hydrogen-bond acceptors (Lipinski definition) is 1. The number of aliphatic carboxylic acids is 1. The molecule has 0 saturated heterocycles. The van der Waals surface area contributed by atoms with Crippen LogP contribution in [0.2, 0.25) is 0 Å². The minimum Gasteiger partial charge on any atom is -0.473 e. The van der Waals surface area contributed by atoms with Crippen molar-refractivity contribution in [3.05, 3.63) is 41.4 Å². The smallest absolute Gasteiger partial charge is 0.415 e. The summed E-state index contributed by atoms with van der Waals surface area (Å²) >= 11 is 0. The van der Waals surface area contributed by atoms with E-state index >= 15 is 0 Å². The Morgan fingerprint density at radius 2 is 2.07 bits per heavy atom. The van der Waals surface area contributed by atoms with Gasteiger partial charge in [0.05, 0.1) is 5.92 Å². The van der Waals surface area contributed by atoms with Gasteiger partial charge in [0.25, 0.3) is 0 Å². The summed E-state index contributed by atoms with van der Waals surface area (Å²) in [5.74, 6) is -1.55. The number of carbonyl (C=O) groups is 1. The van der Waals surface area contributed by atoms with E-state index in [1.807, 2.05) is 37.3 Å². The maximum atomic E-state index is 10.8. The van der Waals surface area contributed by atoms with Crippen LogP contribution in [0, 0.1) is 0 Å². The summed E-state index contributed by atoms with van der Waals surface area (Å²) in [6.45, 7) is 1.85. The Kier molecular flexibility index (Phi) is 3.77. The Morgan fingerprint density at radius 1 is 1.47 bits per heavy atom. The van der Waals surface area contributed by atoms with Crippen LogP contribution in [0.15, 0.2) is 30.3 Å². The fourth-order valence-corrected chi connectivity index (χ4v) is 1.53. The van der Waals surface area contributed by atoms with Crippen LogP contribution in [0.4, 0.5) is 0 Å². The third kappa shape index (κ3) is 2.51. The number of benzene rings is 1. The molecule has 0 aliphatic heterocycles. The zero-order valence-electron chi connectivity index (χ0n) is 8.42. The molecular weight excluding hydrogens is 192 g/mol. The van der Waals surface area contributed by atoms with Gasteiger partial charge in [-0.15, -0.1) is 0 Å². The van der Waals surface area contributed by atoms with Crippen LogP contribution in [0.25, 0.3) is 5.53 Å². The molecule has 1 atom stereocenters. The van der Waals surface area contributed by atoms with E-state index in [1.54, 1.807) is 0 Å². The lowest BCUT2D eigenvalue weighted by Crippen LogP contribution is -2.22. The number of carboxylic acids is 1. The number of rotatable bonds is 4. The van der Waals surface area contributed by atoms with Crippen molar-refractivity contribution in [2.24, 2.45) is 0 Å². The van der Waals surface area contributed by atoms with E-state index in [9.17, 15) is 4.79 Å². The average Bonchev–Trinajstić information content (AvgIpc) is 2.26. The molecule has 0 fully saturated rings. The molecule has 0 bridgehead atoms. The molecule has 0 spiro atoms. The fourth-order valence-electron chi connectivity index (χ4n) is 1.53. The van der Waals surface area contributed by atoms with Gasteiger partial charge in [0.2, 0.25) is 0 Å². The molecule has 0 amide bonds. The summed E-state index contributed by atoms with van der Waals surface area (Å²) in [5, 5.41) is 8.85. The maximum Gasteiger partial charge on any atom is 0.415 e. The lowest BCUT2D eigenvalue weighted by molar-refractivity contribution is -0.134. The second-order valence-electron chi connectivity index (χ2n) is 3.16. The van der Waals surface area contributed by atoms with Crippen molar-refractivity contribution in [1.29, 1.82) is 0 Å².